The fraction of sp³-hybridized carbons (Fsp3) is 0.375. The number of allylic oxidation sites excluding steroid dienone is 1. The molecule has 0 atom stereocenters. The Morgan fingerprint density at radius 3 is 1.14 bits per heavy atom. The third-order valence-electron chi connectivity index (χ3n) is 8.90. The van der Waals surface area contributed by atoms with Crippen LogP contribution < -0.4 is 0 Å². The van der Waals surface area contributed by atoms with Crippen LogP contribution in [0, 0.1) is 0 Å². The molecule has 32 heteroatoms. The molecule has 0 fully saturated rings. The maximum absolute atomic E-state index is 16.2. The number of hydrogen-bond acceptors (Lipinski definition) is 2. The molecule has 0 amide bonds. The van der Waals surface area contributed by atoms with Crippen molar-refractivity contribution in [3.8, 4) is 0 Å². The van der Waals surface area contributed by atoms with Crippen molar-refractivity contribution in [2.24, 2.45) is 0 Å². The van der Waals surface area contributed by atoms with E-state index in [1.165, 1.54) is 0 Å². The molecule has 5 rings (SSSR count). The molecule has 8 bridgehead atoms. The van der Waals surface area contributed by atoms with Gasteiger partial charge in [-0.1, -0.05) is 0 Å². The highest BCUT2D eigenvalue weighted by Gasteiger charge is 2.81. The van der Waals surface area contributed by atoms with Gasteiger partial charge in [0.1, 0.15) is 0 Å². The van der Waals surface area contributed by atoms with Crippen molar-refractivity contribution < 1.29 is 123 Å². The average molecular weight is 982 g/mol. The summed E-state index contributed by atoms with van der Waals surface area (Å²) in [5.74, 6) is -65.0. The van der Waals surface area contributed by atoms with E-state index in [1.54, 1.807) is 0 Å². The molecule has 354 valence electrons. The number of fused-ring (bicyclic) bond motifs is 8. The first-order valence-electron chi connectivity index (χ1n) is 15.8. The van der Waals surface area contributed by atoms with Crippen LogP contribution >= 0.6 is 0 Å². The van der Waals surface area contributed by atoms with Gasteiger partial charge in [-0.3, -0.25) is 0 Å². The number of H-pyrrole nitrogens is 2. The fourth-order valence-electron chi connectivity index (χ4n) is 5.79. The zero-order valence-corrected chi connectivity index (χ0v) is 29.1. The molecule has 3 aromatic rings. The molecule has 5 heterocycles. The van der Waals surface area contributed by atoms with Gasteiger partial charge in [0.25, 0.3) is 0 Å². The van der Waals surface area contributed by atoms with E-state index in [1.807, 2.05) is 0 Å². The van der Waals surface area contributed by atoms with Crippen molar-refractivity contribution in [2.75, 3.05) is 0 Å². The Kier molecular flexibility index (Phi) is 10.9. The zero-order chi connectivity index (χ0) is 49.4. The summed E-state index contributed by atoms with van der Waals surface area (Å²) in [7, 11) is 0. The Labute approximate surface area is 331 Å². The number of halogens is 28. The van der Waals surface area contributed by atoms with Crippen LogP contribution in [0.5, 0.6) is 0 Å². The predicted octanol–water partition coefficient (Wildman–Crippen LogP) is 13.7. The number of hydrogen-bond donors (Lipinski definition) is 2. The summed E-state index contributed by atoms with van der Waals surface area (Å²) in [5.41, 5.74) is -34.6. The number of nitrogens with one attached hydrogen (secondary N) is 2. The fourth-order valence-corrected chi connectivity index (χ4v) is 5.79. The van der Waals surface area contributed by atoms with E-state index < -0.39 is 146 Å². The van der Waals surface area contributed by atoms with Gasteiger partial charge in [-0.15, -0.1) is 0 Å². The van der Waals surface area contributed by atoms with Gasteiger partial charge >= 0.3 is 72.1 Å². The highest BCUT2D eigenvalue weighted by Crippen LogP contribution is 2.63. The Morgan fingerprint density at radius 1 is 0.359 bits per heavy atom. The Balaban J connectivity index is 2.35. The zero-order valence-electron chi connectivity index (χ0n) is 29.1. The molecule has 2 aliphatic rings. The average Bonchev–Trinajstić information content (AvgIpc) is 3.90. The second-order valence-electron chi connectivity index (χ2n) is 13.2. The van der Waals surface area contributed by atoms with Crippen LogP contribution in [-0.2, 0) is 17.8 Å². The molecule has 0 aliphatic carbocycles. The Bertz CT molecular complexity index is 2580. The lowest BCUT2D eigenvalue weighted by Gasteiger charge is -2.34. The minimum atomic E-state index is -8.43. The first-order valence-corrected chi connectivity index (χ1v) is 15.8. The summed E-state index contributed by atoms with van der Waals surface area (Å²) >= 11 is 0. The van der Waals surface area contributed by atoms with Crippen LogP contribution in [0.25, 0.3) is 45.9 Å². The largest absolute Gasteiger partial charge is 0.460 e. The molecule has 0 aromatic carbocycles. The summed E-state index contributed by atoms with van der Waals surface area (Å²) in [6, 6.07) is 1.55. The topological polar surface area (TPSA) is 57.4 Å². The van der Waals surface area contributed by atoms with Gasteiger partial charge in [0.05, 0.1) is 56.1 Å². The minimum Gasteiger partial charge on any atom is -0.355 e. The monoisotopic (exact) mass is 982 g/mol. The SMILES string of the molecule is FC(F)(F)C(F)(F)C(F)(F)C1=Cc2cc3ccc(cc4nc(cc5[nH]c(c(C(F)(F)C(F)(F)C(F)(F)F)c1n2)c(C(F)(F)C(F)(F)C(F)(F)F)c5C(F)(F)C(F)(F)C(F)(F)F)C=C4)[nH]3. The summed E-state index contributed by atoms with van der Waals surface area (Å²) in [6.45, 7) is 0. The Hall–Kier alpha value is -5.36. The first-order chi connectivity index (χ1) is 28.3. The van der Waals surface area contributed by atoms with Gasteiger partial charge in [-0.05, 0) is 48.6 Å². The maximum atomic E-state index is 16.2. The highest BCUT2D eigenvalue weighted by atomic mass is 19.5. The number of aromatic amines is 2. The van der Waals surface area contributed by atoms with E-state index in [2.05, 4.69) is 15.0 Å². The van der Waals surface area contributed by atoms with Gasteiger partial charge in [0.15, 0.2) is 0 Å². The van der Waals surface area contributed by atoms with E-state index in [9.17, 15) is 87.8 Å². The highest BCUT2D eigenvalue weighted by molar-refractivity contribution is 5.92. The van der Waals surface area contributed by atoms with Crippen molar-refractivity contribution in [3.63, 3.8) is 0 Å². The molecule has 0 radical (unpaired) electrons. The smallest absolute Gasteiger partial charge is 0.355 e. The second kappa shape index (κ2) is 14.1. The van der Waals surface area contributed by atoms with Crippen molar-refractivity contribution in [1.29, 1.82) is 0 Å². The van der Waals surface area contributed by atoms with Crippen molar-refractivity contribution >= 4 is 45.9 Å². The van der Waals surface area contributed by atoms with Gasteiger partial charge < -0.3 is 9.97 Å². The summed E-state index contributed by atoms with van der Waals surface area (Å²) in [4.78, 5) is 8.26. The van der Waals surface area contributed by atoms with Gasteiger partial charge in [-0.25, -0.2) is 9.97 Å². The molecule has 0 unspecified atom stereocenters. The maximum Gasteiger partial charge on any atom is 0.460 e. The van der Waals surface area contributed by atoms with Crippen LogP contribution in [0.3, 0.4) is 0 Å². The van der Waals surface area contributed by atoms with Crippen molar-refractivity contribution in [3.05, 3.63) is 69.8 Å². The first kappa shape index (κ1) is 49.7. The van der Waals surface area contributed by atoms with Crippen molar-refractivity contribution in [1.82, 2.24) is 19.9 Å². The lowest BCUT2D eigenvalue weighted by atomic mass is 9.87. The third kappa shape index (κ3) is 7.15. The molecule has 2 N–H and O–H groups in total. The van der Waals surface area contributed by atoms with E-state index in [-0.39, 0.29) is 16.6 Å². The van der Waals surface area contributed by atoms with E-state index in [0.717, 1.165) is 12.1 Å². The second-order valence-corrected chi connectivity index (χ2v) is 13.2. The molecule has 4 nitrogen and oxygen atoms in total. The number of nitrogens with zero attached hydrogens (tertiary/aromatic N) is 2. The number of aromatic nitrogens is 4. The molecule has 3 aromatic heterocycles. The van der Waals surface area contributed by atoms with Crippen LogP contribution in [0.1, 0.15) is 39.5 Å². The molecule has 0 spiro atoms. The summed E-state index contributed by atoms with van der Waals surface area (Å²) < 4.78 is 408. The van der Waals surface area contributed by atoms with Crippen molar-refractivity contribution in [2.45, 2.75) is 72.1 Å². The number of rotatable bonds is 8. The van der Waals surface area contributed by atoms with Gasteiger partial charge in [-0.2, -0.15) is 123 Å². The Morgan fingerprint density at radius 2 is 0.719 bits per heavy atom. The van der Waals surface area contributed by atoms with Crippen LogP contribution in [0.15, 0.2) is 30.3 Å². The molecule has 0 saturated carbocycles. The molecular formula is C32H10F28N4. The van der Waals surface area contributed by atoms with E-state index in [0.29, 0.717) is 18.2 Å². The normalized spacial score (nSPS) is 15.8. The van der Waals surface area contributed by atoms with Crippen LogP contribution in [0.2, 0.25) is 0 Å². The predicted molar refractivity (Wildman–Crippen MR) is 158 cm³/mol. The molecular weight excluding hydrogens is 972 g/mol. The lowest BCUT2D eigenvalue weighted by molar-refractivity contribution is -0.366. The van der Waals surface area contributed by atoms with E-state index in [4.69, 9.17) is 0 Å². The van der Waals surface area contributed by atoms with E-state index >= 15 is 35.1 Å². The van der Waals surface area contributed by atoms with Gasteiger partial charge in [0.2, 0.25) is 0 Å². The quantitative estimate of drug-likeness (QED) is 0.173. The molecule has 2 aliphatic heterocycles. The molecule has 64 heavy (non-hydrogen) atoms. The van der Waals surface area contributed by atoms with Crippen LogP contribution in [0.4, 0.5) is 123 Å². The lowest BCUT2D eigenvalue weighted by Crippen LogP contribution is -2.54. The van der Waals surface area contributed by atoms with Crippen LogP contribution in [-0.4, -0.2) is 74.3 Å². The third-order valence-corrected chi connectivity index (χ3v) is 8.90. The minimum absolute atomic E-state index is 0.0236. The summed E-state index contributed by atoms with van der Waals surface area (Å²) in [6.07, 6.45) is -32.1. The van der Waals surface area contributed by atoms with Gasteiger partial charge in [0, 0.05) is 11.0 Å². The molecule has 0 saturated heterocycles. The summed E-state index contributed by atoms with van der Waals surface area (Å²) in [5, 5.41) is 0. The number of alkyl halides is 28. The standard InChI is InChI=1S/C32H10F28N4/c33-21(34,25(41,42)29(49,50)51)14-7-13-6-11-2-1-9(61-11)5-10-3-4-12(62-10)8-15-16(22(35,36)26(43,44)30(52,53)54)17(23(37,38)27(45,46)31(55,56)57)20(64-15)18(19(14)63-13)24(39,40)28(47,48)32(58,59)60/h1-8,61,64H.